The van der Waals surface area contributed by atoms with Crippen molar-refractivity contribution >= 4 is 6.03 Å². The van der Waals surface area contributed by atoms with Gasteiger partial charge < -0.3 is 14.7 Å². The number of nitrogens with one attached hydrogen (secondary N) is 1. The van der Waals surface area contributed by atoms with E-state index in [1.54, 1.807) is 0 Å². The van der Waals surface area contributed by atoms with Crippen LogP contribution in [-0.4, -0.2) is 34.2 Å². The van der Waals surface area contributed by atoms with Crippen LogP contribution in [0.15, 0.2) is 34.9 Å². The van der Waals surface area contributed by atoms with E-state index in [1.165, 1.54) is 0 Å². The Morgan fingerprint density at radius 1 is 1.27 bits per heavy atom. The highest BCUT2D eigenvalue weighted by molar-refractivity contribution is 5.74. The van der Waals surface area contributed by atoms with Gasteiger partial charge >= 0.3 is 6.03 Å². The maximum absolute atomic E-state index is 12.7. The molecule has 1 aliphatic rings. The second kappa shape index (κ2) is 7.89. The Labute approximate surface area is 155 Å². The smallest absolute Gasteiger partial charge is 0.318 e. The minimum atomic E-state index is -0.114. The molecule has 26 heavy (non-hydrogen) atoms. The van der Waals surface area contributed by atoms with Gasteiger partial charge in [-0.2, -0.15) is 4.98 Å². The van der Waals surface area contributed by atoms with E-state index in [2.05, 4.69) is 36.2 Å². The first-order chi connectivity index (χ1) is 12.4. The minimum absolute atomic E-state index is 0.0426. The Morgan fingerprint density at radius 3 is 2.77 bits per heavy atom. The SMILES string of the molecule is CC(C)(C)CNC(=O)N1CCCC[C@H]1c1noc(Cc2ccccc2)n1. The number of carbonyl (C=O) groups excluding carboxylic acids is 1. The molecule has 3 rings (SSSR count). The van der Waals surface area contributed by atoms with Crippen molar-refractivity contribution in [3.05, 3.63) is 47.6 Å². The number of amides is 2. The summed E-state index contributed by atoms with van der Waals surface area (Å²) in [4.78, 5) is 19.1. The highest BCUT2D eigenvalue weighted by Gasteiger charge is 2.32. The second-order valence-corrected chi connectivity index (χ2v) is 8.13. The number of likely N-dealkylation sites (tertiary alicyclic amines) is 1. The number of hydrogen-bond donors (Lipinski definition) is 1. The van der Waals surface area contributed by atoms with Crippen molar-refractivity contribution in [2.24, 2.45) is 5.41 Å². The molecule has 1 aromatic heterocycles. The molecule has 1 atom stereocenters. The molecule has 1 aromatic carbocycles. The first-order valence-electron chi connectivity index (χ1n) is 9.33. The van der Waals surface area contributed by atoms with E-state index in [9.17, 15) is 4.79 Å². The number of hydrogen-bond acceptors (Lipinski definition) is 4. The molecule has 1 N–H and O–H groups in total. The third-order valence-corrected chi connectivity index (χ3v) is 4.51. The quantitative estimate of drug-likeness (QED) is 0.900. The Morgan fingerprint density at radius 2 is 2.04 bits per heavy atom. The average molecular weight is 356 g/mol. The lowest BCUT2D eigenvalue weighted by molar-refractivity contribution is 0.143. The third kappa shape index (κ3) is 4.84. The number of aromatic nitrogens is 2. The van der Waals surface area contributed by atoms with Crippen LogP contribution < -0.4 is 5.32 Å². The topological polar surface area (TPSA) is 71.3 Å². The molecule has 2 aromatic rings. The predicted octanol–water partition coefficient (Wildman–Crippen LogP) is 3.94. The fourth-order valence-corrected chi connectivity index (χ4v) is 3.13. The maximum atomic E-state index is 12.7. The van der Waals surface area contributed by atoms with Crippen molar-refractivity contribution in [2.45, 2.75) is 52.5 Å². The molecule has 0 spiro atoms. The van der Waals surface area contributed by atoms with E-state index >= 15 is 0 Å². The molecular weight excluding hydrogens is 328 g/mol. The summed E-state index contributed by atoms with van der Waals surface area (Å²) in [5.74, 6) is 1.20. The summed E-state index contributed by atoms with van der Waals surface area (Å²) in [5.41, 5.74) is 1.18. The monoisotopic (exact) mass is 356 g/mol. The van der Waals surface area contributed by atoms with E-state index in [0.717, 1.165) is 31.4 Å². The van der Waals surface area contributed by atoms with Crippen LogP contribution in [-0.2, 0) is 6.42 Å². The zero-order chi connectivity index (χ0) is 18.6. The van der Waals surface area contributed by atoms with Crippen LogP contribution in [0.5, 0.6) is 0 Å². The van der Waals surface area contributed by atoms with Crippen molar-refractivity contribution in [1.29, 1.82) is 0 Å². The largest absolute Gasteiger partial charge is 0.339 e. The molecule has 1 saturated heterocycles. The Bertz CT molecular complexity index is 721. The molecule has 1 fully saturated rings. The molecule has 0 saturated carbocycles. The molecule has 6 nitrogen and oxygen atoms in total. The van der Waals surface area contributed by atoms with E-state index in [0.29, 0.717) is 24.7 Å². The number of carbonyl (C=O) groups is 1. The van der Waals surface area contributed by atoms with Crippen molar-refractivity contribution in [2.75, 3.05) is 13.1 Å². The standard InChI is InChI=1S/C20H28N4O2/c1-20(2,3)14-21-19(25)24-12-8-7-11-16(24)18-22-17(26-23-18)13-15-9-5-4-6-10-15/h4-6,9-10,16H,7-8,11-14H2,1-3H3,(H,21,25)/t16-/m0/s1. The average Bonchev–Trinajstić information content (AvgIpc) is 3.08. The van der Waals surface area contributed by atoms with Crippen LogP contribution in [0.4, 0.5) is 4.79 Å². The van der Waals surface area contributed by atoms with Gasteiger partial charge in [-0.1, -0.05) is 56.3 Å². The van der Waals surface area contributed by atoms with Gasteiger partial charge in [-0.25, -0.2) is 4.79 Å². The lowest BCUT2D eigenvalue weighted by Gasteiger charge is -2.34. The van der Waals surface area contributed by atoms with Crippen molar-refractivity contribution in [3.8, 4) is 0 Å². The summed E-state index contributed by atoms with van der Waals surface area (Å²) in [7, 11) is 0. The predicted molar refractivity (Wildman–Crippen MR) is 99.7 cm³/mol. The Kier molecular flexibility index (Phi) is 5.59. The van der Waals surface area contributed by atoms with Crippen LogP contribution in [0, 0.1) is 5.41 Å². The number of benzene rings is 1. The van der Waals surface area contributed by atoms with Crippen molar-refractivity contribution in [1.82, 2.24) is 20.4 Å². The van der Waals surface area contributed by atoms with E-state index in [1.807, 2.05) is 35.2 Å². The van der Waals surface area contributed by atoms with E-state index in [4.69, 9.17) is 4.52 Å². The maximum Gasteiger partial charge on any atom is 0.318 e. The molecule has 6 heteroatoms. The highest BCUT2D eigenvalue weighted by atomic mass is 16.5. The zero-order valence-electron chi connectivity index (χ0n) is 15.9. The lowest BCUT2D eigenvalue weighted by atomic mass is 9.97. The highest BCUT2D eigenvalue weighted by Crippen LogP contribution is 2.29. The van der Waals surface area contributed by atoms with Gasteiger partial charge in [0.05, 0.1) is 12.5 Å². The Balaban J connectivity index is 1.69. The molecule has 1 aliphatic heterocycles. The summed E-state index contributed by atoms with van der Waals surface area (Å²) in [6.45, 7) is 7.69. The van der Waals surface area contributed by atoms with Crippen LogP contribution in [0.25, 0.3) is 0 Å². The van der Waals surface area contributed by atoms with Gasteiger partial charge in [0.1, 0.15) is 0 Å². The van der Waals surface area contributed by atoms with E-state index < -0.39 is 0 Å². The van der Waals surface area contributed by atoms with Crippen molar-refractivity contribution < 1.29 is 9.32 Å². The van der Waals surface area contributed by atoms with Gasteiger partial charge in [-0.3, -0.25) is 0 Å². The molecular formula is C20H28N4O2. The van der Waals surface area contributed by atoms with Gasteiger partial charge in [-0.05, 0) is 30.2 Å². The fourth-order valence-electron chi connectivity index (χ4n) is 3.13. The van der Waals surface area contributed by atoms with Crippen molar-refractivity contribution in [3.63, 3.8) is 0 Å². The molecule has 140 valence electrons. The first-order valence-corrected chi connectivity index (χ1v) is 9.33. The van der Waals surface area contributed by atoms with Gasteiger partial charge in [0.15, 0.2) is 5.82 Å². The van der Waals surface area contributed by atoms with Gasteiger partial charge in [-0.15, -0.1) is 0 Å². The molecule has 0 aliphatic carbocycles. The van der Waals surface area contributed by atoms with Crippen LogP contribution >= 0.6 is 0 Å². The number of rotatable bonds is 4. The van der Waals surface area contributed by atoms with Crippen LogP contribution in [0.1, 0.15) is 63.4 Å². The normalized spacial score (nSPS) is 18.0. The number of nitrogens with zero attached hydrogens (tertiary/aromatic N) is 3. The molecule has 0 unspecified atom stereocenters. The summed E-state index contributed by atoms with van der Waals surface area (Å²) in [6, 6.07) is 9.90. The second-order valence-electron chi connectivity index (χ2n) is 8.13. The summed E-state index contributed by atoms with van der Waals surface area (Å²) < 4.78 is 5.44. The molecule has 2 heterocycles. The summed E-state index contributed by atoms with van der Waals surface area (Å²) in [5, 5.41) is 7.21. The van der Waals surface area contributed by atoms with Gasteiger partial charge in [0, 0.05) is 13.1 Å². The van der Waals surface area contributed by atoms with E-state index in [-0.39, 0.29) is 17.5 Å². The summed E-state index contributed by atoms with van der Waals surface area (Å²) in [6.07, 6.45) is 3.55. The molecule has 2 amide bonds. The summed E-state index contributed by atoms with van der Waals surface area (Å²) >= 11 is 0. The lowest BCUT2D eigenvalue weighted by Crippen LogP contribution is -2.46. The molecule has 0 bridgehead atoms. The van der Waals surface area contributed by atoms with Crippen LogP contribution in [0.2, 0.25) is 0 Å². The van der Waals surface area contributed by atoms with Gasteiger partial charge in [0.2, 0.25) is 5.89 Å². The minimum Gasteiger partial charge on any atom is -0.339 e. The molecule has 0 radical (unpaired) electrons. The van der Waals surface area contributed by atoms with Crippen LogP contribution in [0.3, 0.4) is 0 Å². The number of piperidine rings is 1. The fraction of sp³-hybridized carbons (Fsp3) is 0.550. The zero-order valence-corrected chi connectivity index (χ0v) is 15.9. The third-order valence-electron chi connectivity index (χ3n) is 4.51. The Hall–Kier alpha value is -2.37. The number of urea groups is 1. The first kappa shape index (κ1) is 18.4. The van der Waals surface area contributed by atoms with Gasteiger partial charge in [0.25, 0.3) is 0 Å².